The zero-order chi connectivity index (χ0) is 23.7. The molecule has 1 heterocycles. The number of benzene rings is 2. The van der Waals surface area contributed by atoms with Gasteiger partial charge < -0.3 is 15.4 Å². The second-order valence-corrected chi connectivity index (χ2v) is 9.63. The topological polar surface area (TPSA) is 125 Å². The van der Waals surface area contributed by atoms with Gasteiger partial charge in [0.05, 0.1) is 7.11 Å². The number of rotatable bonds is 7. The summed E-state index contributed by atoms with van der Waals surface area (Å²) >= 11 is 0. The second-order valence-electron chi connectivity index (χ2n) is 7.51. The number of sulfonamides is 1. The van der Waals surface area contributed by atoms with Gasteiger partial charge in [-0.05, 0) is 30.7 Å². The molecule has 1 aliphatic rings. The maximum absolute atomic E-state index is 12.9. The summed E-state index contributed by atoms with van der Waals surface area (Å²) in [7, 11) is 0.254. The van der Waals surface area contributed by atoms with Crippen molar-refractivity contribution in [2.75, 3.05) is 33.1 Å². The number of amides is 4. The summed E-state index contributed by atoms with van der Waals surface area (Å²) in [5.41, 5.74) is -0.518. The van der Waals surface area contributed by atoms with E-state index in [9.17, 15) is 22.8 Å². The molecule has 0 radical (unpaired) electrons. The molecule has 1 saturated heterocycles. The van der Waals surface area contributed by atoms with E-state index in [0.29, 0.717) is 5.56 Å². The number of nitrogens with one attached hydrogen (secondary N) is 2. The second kappa shape index (κ2) is 8.60. The van der Waals surface area contributed by atoms with E-state index in [1.807, 2.05) is 0 Å². The SMILES string of the molecule is COc1ccc(NC(=O)CN2C(=O)NC(C)(c3ccccc3)C2=O)cc1S(=O)(=O)N(C)C. The van der Waals surface area contributed by atoms with Crippen LogP contribution in [0.3, 0.4) is 0 Å². The van der Waals surface area contributed by atoms with Gasteiger partial charge in [0.25, 0.3) is 5.91 Å². The van der Waals surface area contributed by atoms with Gasteiger partial charge in [-0.1, -0.05) is 30.3 Å². The van der Waals surface area contributed by atoms with Gasteiger partial charge in [-0.3, -0.25) is 14.5 Å². The van der Waals surface area contributed by atoms with Crippen molar-refractivity contribution in [3.63, 3.8) is 0 Å². The van der Waals surface area contributed by atoms with E-state index >= 15 is 0 Å². The van der Waals surface area contributed by atoms with Crippen LogP contribution >= 0.6 is 0 Å². The lowest BCUT2D eigenvalue weighted by atomic mass is 9.92. The molecule has 0 saturated carbocycles. The molecule has 2 aromatic rings. The van der Waals surface area contributed by atoms with Crippen molar-refractivity contribution in [3.8, 4) is 5.75 Å². The van der Waals surface area contributed by atoms with E-state index in [1.54, 1.807) is 37.3 Å². The maximum atomic E-state index is 12.9. The highest BCUT2D eigenvalue weighted by Gasteiger charge is 2.49. The first-order valence-corrected chi connectivity index (χ1v) is 11.0. The number of hydrogen-bond acceptors (Lipinski definition) is 6. The number of urea groups is 1. The monoisotopic (exact) mass is 460 g/mol. The Kier molecular flexibility index (Phi) is 6.24. The molecule has 3 rings (SSSR count). The average molecular weight is 461 g/mol. The Morgan fingerprint density at radius 2 is 1.81 bits per heavy atom. The number of carbonyl (C=O) groups is 3. The highest BCUT2D eigenvalue weighted by molar-refractivity contribution is 7.89. The quantitative estimate of drug-likeness (QED) is 0.601. The van der Waals surface area contributed by atoms with Crippen LogP contribution in [-0.2, 0) is 25.2 Å². The Labute approximate surface area is 186 Å². The summed E-state index contributed by atoms with van der Waals surface area (Å²) in [5.74, 6) is -1.11. The standard InChI is InChI=1S/C21H24N4O6S/c1-21(14-8-6-5-7-9-14)19(27)25(20(28)23-21)13-18(26)22-15-10-11-16(31-4)17(12-15)32(29,30)24(2)3/h5-12H,13H2,1-4H3,(H,22,26)(H,23,28). The molecule has 4 amide bonds. The molecule has 11 heteroatoms. The summed E-state index contributed by atoms with van der Waals surface area (Å²) < 4.78 is 31.2. The van der Waals surface area contributed by atoms with Crippen molar-refractivity contribution in [1.82, 2.24) is 14.5 Å². The number of methoxy groups -OCH3 is 1. The summed E-state index contributed by atoms with van der Waals surface area (Å²) in [5, 5.41) is 5.16. The summed E-state index contributed by atoms with van der Waals surface area (Å²) in [4.78, 5) is 38.6. The van der Waals surface area contributed by atoms with Crippen LogP contribution in [-0.4, -0.2) is 63.2 Å². The lowest BCUT2D eigenvalue weighted by Gasteiger charge is -2.22. The van der Waals surface area contributed by atoms with E-state index in [0.717, 1.165) is 9.21 Å². The van der Waals surface area contributed by atoms with E-state index in [1.165, 1.54) is 39.4 Å². The third kappa shape index (κ3) is 4.16. The number of nitrogens with zero attached hydrogens (tertiary/aromatic N) is 2. The molecule has 32 heavy (non-hydrogen) atoms. The van der Waals surface area contributed by atoms with E-state index in [-0.39, 0.29) is 16.3 Å². The molecule has 1 fully saturated rings. The highest BCUT2D eigenvalue weighted by Crippen LogP contribution is 2.30. The fourth-order valence-electron chi connectivity index (χ4n) is 3.30. The Bertz CT molecular complexity index is 1170. The summed E-state index contributed by atoms with van der Waals surface area (Å²) in [6, 6.07) is 12.2. The van der Waals surface area contributed by atoms with E-state index in [4.69, 9.17) is 4.74 Å². The van der Waals surface area contributed by atoms with Crippen molar-refractivity contribution in [2.24, 2.45) is 0 Å². The molecular weight excluding hydrogens is 436 g/mol. The number of ether oxygens (including phenoxy) is 1. The van der Waals surface area contributed by atoms with Crippen LogP contribution in [0.25, 0.3) is 0 Å². The Hall–Kier alpha value is -3.44. The van der Waals surface area contributed by atoms with Gasteiger partial charge in [0, 0.05) is 19.8 Å². The van der Waals surface area contributed by atoms with Gasteiger partial charge in [0.1, 0.15) is 22.7 Å². The Morgan fingerprint density at radius 3 is 2.41 bits per heavy atom. The largest absolute Gasteiger partial charge is 0.495 e. The number of carbonyl (C=O) groups excluding carboxylic acids is 3. The van der Waals surface area contributed by atoms with Gasteiger partial charge in [0.2, 0.25) is 15.9 Å². The zero-order valence-electron chi connectivity index (χ0n) is 18.1. The fraction of sp³-hybridized carbons (Fsp3) is 0.286. The molecule has 0 spiro atoms. The van der Waals surface area contributed by atoms with Gasteiger partial charge in [-0.15, -0.1) is 0 Å². The number of hydrogen-bond donors (Lipinski definition) is 2. The van der Waals surface area contributed by atoms with Crippen molar-refractivity contribution < 1.29 is 27.5 Å². The van der Waals surface area contributed by atoms with Crippen LogP contribution < -0.4 is 15.4 Å². The fourth-order valence-corrected chi connectivity index (χ4v) is 4.38. The lowest BCUT2D eigenvalue weighted by molar-refractivity contribution is -0.133. The van der Waals surface area contributed by atoms with Crippen molar-refractivity contribution >= 4 is 33.6 Å². The molecular formula is C21H24N4O6S. The molecule has 0 aliphatic carbocycles. The molecule has 170 valence electrons. The predicted molar refractivity (Wildman–Crippen MR) is 117 cm³/mol. The Balaban J connectivity index is 1.79. The lowest BCUT2D eigenvalue weighted by Crippen LogP contribution is -2.42. The van der Waals surface area contributed by atoms with Crippen LogP contribution in [0.2, 0.25) is 0 Å². The zero-order valence-corrected chi connectivity index (χ0v) is 18.9. The molecule has 10 nitrogen and oxygen atoms in total. The van der Waals surface area contributed by atoms with E-state index < -0.39 is 40.0 Å². The maximum Gasteiger partial charge on any atom is 0.325 e. The smallest absolute Gasteiger partial charge is 0.325 e. The number of anilines is 1. The average Bonchev–Trinajstić information content (AvgIpc) is 2.98. The van der Waals surface area contributed by atoms with Gasteiger partial charge >= 0.3 is 6.03 Å². The molecule has 2 N–H and O–H groups in total. The summed E-state index contributed by atoms with van der Waals surface area (Å²) in [6.07, 6.45) is 0. The third-order valence-electron chi connectivity index (χ3n) is 5.13. The summed E-state index contributed by atoms with van der Waals surface area (Å²) in [6.45, 7) is 1.04. The highest BCUT2D eigenvalue weighted by atomic mass is 32.2. The van der Waals surface area contributed by atoms with Crippen LogP contribution in [0.5, 0.6) is 5.75 Å². The first-order chi connectivity index (χ1) is 15.0. The van der Waals surface area contributed by atoms with Gasteiger partial charge in [-0.25, -0.2) is 17.5 Å². The molecule has 2 aromatic carbocycles. The van der Waals surface area contributed by atoms with Crippen LogP contribution in [0.1, 0.15) is 12.5 Å². The van der Waals surface area contributed by atoms with Crippen LogP contribution in [0.4, 0.5) is 10.5 Å². The molecule has 0 aromatic heterocycles. The first kappa shape index (κ1) is 23.2. The third-order valence-corrected chi connectivity index (χ3v) is 6.97. The van der Waals surface area contributed by atoms with E-state index in [2.05, 4.69) is 10.6 Å². The molecule has 1 aliphatic heterocycles. The van der Waals surface area contributed by atoms with Crippen molar-refractivity contribution in [3.05, 3.63) is 54.1 Å². The first-order valence-electron chi connectivity index (χ1n) is 9.60. The minimum atomic E-state index is -3.84. The predicted octanol–water partition coefficient (Wildman–Crippen LogP) is 1.35. The van der Waals surface area contributed by atoms with Gasteiger partial charge in [0.15, 0.2) is 0 Å². The normalized spacial score (nSPS) is 18.6. The molecule has 1 unspecified atom stereocenters. The number of imide groups is 1. The minimum Gasteiger partial charge on any atom is -0.495 e. The Morgan fingerprint density at radius 1 is 1.16 bits per heavy atom. The molecule has 1 atom stereocenters. The van der Waals surface area contributed by atoms with Gasteiger partial charge in [-0.2, -0.15) is 0 Å². The minimum absolute atomic E-state index is 0.115. The van der Waals surface area contributed by atoms with Crippen molar-refractivity contribution in [2.45, 2.75) is 17.4 Å². The van der Waals surface area contributed by atoms with Crippen molar-refractivity contribution in [1.29, 1.82) is 0 Å². The molecule has 0 bridgehead atoms. The van der Waals surface area contributed by atoms with Crippen LogP contribution in [0.15, 0.2) is 53.4 Å². The van der Waals surface area contributed by atoms with Crippen LogP contribution in [0, 0.1) is 0 Å².